The summed E-state index contributed by atoms with van der Waals surface area (Å²) in [6.07, 6.45) is 3.91. The van der Waals surface area contributed by atoms with Crippen molar-refractivity contribution >= 4 is 16.7 Å². The lowest BCUT2D eigenvalue weighted by Crippen LogP contribution is -2.31. The Balaban J connectivity index is 2.34. The number of nitrogens with one attached hydrogen (secondary N) is 1. The van der Waals surface area contributed by atoms with Crippen LogP contribution in [-0.2, 0) is 6.54 Å². The van der Waals surface area contributed by atoms with Gasteiger partial charge in [0, 0.05) is 18.5 Å². The van der Waals surface area contributed by atoms with E-state index >= 15 is 0 Å². The number of carbonyl (C=O) groups is 1. The molecule has 0 spiro atoms. The fourth-order valence-corrected chi connectivity index (χ4v) is 2.62. The molecule has 0 aliphatic carbocycles. The van der Waals surface area contributed by atoms with Gasteiger partial charge in [-0.05, 0) is 24.8 Å². The molecule has 0 fully saturated rings. The van der Waals surface area contributed by atoms with Crippen LogP contribution in [-0.4, -0.2) is 22.2 Å². The number of rotatable bonds is 8. The Morgan fingerprint density at radius 2 is 1.92 bits per heavy atom. The van der Waals surface area contributed by atoms with Crippen LogP contribution in [0, 0.1) is 5.92 Å². The van der Waals surface area contributed by atoms with Gasteiger partial charge in [0.05, 0.1) is 5.39 Å². The quantitative estimate of drug-likeness (QED) is 0.755. The van der Waals surface area contributed by atoms with Crippen molar-refractivity contribution in [3.63, 3.8) is 0 Å². The number of nitrogens with zero attached hydrogens (tertiary/aromatic N) is 2. The van der Waals surface area contributed by atoms with E-state index in [1.54, 1.807) is 12.1 Å². The first-order chi connectivity index (χ1) is 11.5. The van der Waals surface area contributed by atoms with Gasteiger partial charge >= 0.3 is 0 Å². The van der Waals surface area contributed by atoms with Gasteiger partial charge in [0.15, 0.2) is 5.69 Å². The van der Waals surface area contributed by atoms with Gasteiger partial charge in [0.2, 0.25) is 0 Å². The highest BCUT2D eigenvalue weighted by atomic mass is 16.2. The Hall–Kier alpha value is -2.17. The minimum Gasteiger partial charge on any atom is -0.351 e. The minimum atomic E-state index is -0.212. The first-order valence-electron chi connectivity index (χ1n) is 8.82. The largest absolute Gasteiger partial charge is 0.351 e. The van der Waals surface area contributed by atoms with Crippen molar-refractivity contribution in [2.75, 3.05) is 6.54 Å². The number of unbranched alkanes of at least 4 members (excludes halogenated alkanes) is 2. The van der Waals surface area contributed by atoms with E-state index in [-0.39, 0.29) is 11.5 Å². The highest BCUT2D eigenvalue weighted by Crippen LogP contribution is 2.13. The Morgan fingerprint density at radius 3 is 2.58 bits per heavy atom. The number of benzene rings is 1. The zero-order valence-corrected chi connectivity index (χ0v) is 14.8. The number of hydrogen-bond acceptors (Lipinski definition) is 3. The van der Waals surface area contributed by atoms with Crippen LogP contribution in [0.2, 0.25) is 0 Å². The number of aryl methyl sites for hydroxylation is 1. The average Bonchev–Trinajstić information content (AvgIpc) is 2.56. The lowest BCUT2D eigenvalue weighted by molar-refractivity contribution is 0.0946. The first-order valence-corrected chi connectivity index (χ1v) is 8.82. The Bertz CT molecular complexity index is 750. The van der Waals surface area contributed by atoms with Gasteiger partial charge in [-0.3, -0.25) is 9.59 Å². The molecule has 0 radical (unpaired) electrons. The van der Waals surface area contributed by atoms with E-state index < -0.39 is 0 Å². The molecule has 130 valence electrons. The van der Waals surface area contributed by atoms with E-state index in [0.29, 0.717) is 35.5 Å². The number of carbonyl (C=O) groups excluding carboxylic acids is 1. The van der Waals surface area contributed by atoms with Crippen LogP contribution in [0.3, 0.4) is 0 Å². The molecule has 0 saturated heterocycles. The molecular formula is C19H27N3O2. The summed E-state index contributed by atoms with van der Waals surface area (Å²) < 4.78 is 1.44. The van der Waals surface area contributed by atoms with Crippen LogP contribution in [0.25, 0.3) is 10.8 Å². The van der Waals surface area contributed by atoms with Crippen molar-refractivity contribution in [2.24, 2.45) is 5.92 Å². The third-order valence-corrected chi connectivity index (χ3v) is 4.06. The predicted molar refractivity (Wildman–Crippen MR) is 97.3 cm³/mol. The summed E-state index contributed by atoms with van der Waals surface area (Å²) in [6.45, 7) is 7.51. The maximum absolute atomic E-state index is 12.6. The SMILES string of the molecule is CCCCCn1nc(C(=O)NCCC(C)C)c2ccccc2c1=O. The van der Waals surface area contributed by atoms with Gasteiger partial charge in [0.25, 0.3) is 11.5 Å². The average molecular weight is 329 g/mol. The monoisotopic (exact) mass is 329 g/mol. The van der Waals surface area contributed by atoms with Crippen molar-refractivity contribution in [3.8, 4) is 0 Å². The molecule has 0 bridgehead atoms. The molecule has 0 aliphatic rings. The minimum absolute atomic E-state index is 0.125. The maximum atomic E-state index is 12.6. The molecule has 0 saturated carbocycles. The van der Waals surface area contributed by atoms with E-state index in [4.69, 9.17) is 0 Å². The molecule has 1 N–H and O–H groups in total. The van der Waals surface area contributed by atoms with Crippen LogP contribution in [0.1, 0.15) is 56.9 Å². The Labute approximate surface area is 143 Å². The summed E-state index contributed by atoms with van der Waals surface area (Å²) in [5.41, 5.74) is 0.214. The number of fused-ring (bicyclic) bond motifs is 1. The molecule has 5 heteroatoms. The molecule has 0 atom stereocenters. The molecule has 1 amide bonds. The lowest BCUT2D eigenvalue weighted by Gasteiger charge is -2.12. The number of hydrogen-bond donors (Lipinski definition) is 1. The van der Waals surface area contributed by atoms with Gasteiger partial charge in [-0.1, -0.05) is 51.8 Å². The summed E-state index contributed by atoms with van der Waals surface area (Å²) in [5.74, 6) is 0.314. The van der Waals surface area contributed by atoms with Crippen molar-refractivity contribution in [1.29, 1.82) is 0 Å². The molecule has 0 unspecified atom stereocenters. The molecule has 1 aromatic heterocycles. The summed E-state index contributed by atoms with van der Waals surface area (Å²) in [7, 11) is 0. The van der Waals surface area contributed by atoms with E-state index in [9.17, 15) is 9.59 Å². The number of amides is 1. The van der Waals surface area contributed by atoms with Gasteiger partial charge < -0.3 is 5.32 Å². The third kappa shape index (κ3) is 4.43. The Kier molecular flexibility index (Phi) is 6.53. The topological polar surface area (TPSA) is 64.0 Å². The molecule has 5 nitrogen and oxygen atoms in total. The first kappa shape index (κ1) is 18.2. The van der Waals surface area contributed by atoms with E-state index in [1.165, 1.54) is 4.68 Å². The van der Waals surface area contributed by atoms with E-state index in [1.807, 2.05) is 12.1 Å². The van der Waals surface area contributed by atoms with Crippen LogP contribution < -0.4 is 10.9 Å². The van der Waals surface area contributed by atoms with Crippen LogP contribution in [0.5, 0.6) is 0 Å². The van der Waals surface area contributed by atoms with Crippen molar-refractivity contribution in [2.45, 2.75) is 53.0 Å². The molecule has 2 rings (SSSR count). The normalized spacial score (nSPS) is 11.2. The molecule has 0 aliphatic heterocycles. The highest BCUT2D eigenvalue weighted by molar-refractivity contribution is 6.04. The molecule has 24 heavy (non-hydrogen) atoms. The third-order valence-electron chi connectivity index (χ3n) is 4.06. The lowest BCUT2D eigenvalue weighted by atomic mass is 10.1. The van der Waals surface area contributed by atoms with E-state index in [2.05, 4.69) is 31.2 Å². The van der Waals surface area contributed by atoms with Crippen molar-refractivity contribution in [3.05, 3.63) is 40.3 Å². The zero-order chi connectivity index (χ0) is 17.5. The van der Waals surface area contributed by atoms with Crippen LogP contribution >= 0.6 is 0 Å². The highest BCUT2D eigenvalue weighted by Gasteiger charge is 2.16. The second-order valence-electron chi connectivity index (χ2n) is 6.57. The second-order valence-corrected chi connectivity index (χ2v) is 6.57. The number of aromatic nitrogens is 2. The molecule has 1 aromatic carbocycles. The fourth-order valence-electron chi connectivity index (χ4n) is 2.62. The van der Waals surface area contributed by atoms with Crippen molar-refractivity contribution in [1.82, 2.24) is 15.1 Å². The smallest absolute Gasteiger partial charge is 0.274 e. The van der Waals surface area contributed by atoms with Gasteiger partial charge in [0.1, 0.15) is 0 Å². The van der Waals surface area contributed by atoms with Gasteiger partial charge in [-0.15, -0.1) is 0 Å². The van der Waals surface area contributed by atoms with Crippen molar-refractivity contribution < 1.29 is 4.79 Å². The summed E-state index contributed by atoms with van der Waals surface area (Å²) in [5, 5.41) is 8.46. The zero-order valence-electron chi connectivity index (χ0n) is 14.8. The summed E-state index contributed by atoms with van der Waals surface area (Å²) in [4.78, 5) is 25.1. The van der Waals surface area contributed by atoms with Crippen LogP contribution in [0.4, 0.5) is 0 Å². The molecular weight excluding hydrogens is 302 g/mol. The maximum Gasteiger partial charge on any atom is 0.274 e. The van der Waals surface area contributed by atoms with Crippen LogP contribution in [0.15, 0.2) is 29.1 Å². The second kappa shape index (κ2) is 8.62. The van der Waals surface area contributed by atoms with Gasteiger partial charge in [-0.2, -0.15) is 5.10 Å². The summed E-state index contributed by atoms with van der Waals surface area (Å²) >= 11 is 0. The Morgan fingerprint density at radius 1 is 1.21 bits per heavy atom. The van der Waals surface area contributed by atoms with Gasteiger partial charge in [-0.25, -0.2) is 4.68 Å². The fraction of sp³-hybridized carbons (Fsp3) is 0.526. The molecule has 2 aromatic rings. The molecule has 1 heterocycles. The van der Waals surface area contributed by atoms with E-state index in [0.717, 1.165) is 25.7 Å². The predicted octanol–water partition coefficient (Wildman–Crippen LogP) is 3.36. The standard InChI is InChI=1S/C19H27N3O2/c1-4-5-8-13-22-19(24)16-10-7-6-9-15(16)17(21-22)18(23)20-12-11-14(2)3/h6-7,9-10,14H,4-5,8,11-13H2,1-3H3,(H,20,23). The summed E-state index contributed by atoms with van der Waals surface area (Å²) in [6, 6.07) is 7.20.